The van der Waals surface area contributed by atoms with Crippen LogP contribution in [-0.4, -0.2) is 52.1 Å². The summed E-state index contributed by atoms with van der Waals surface area (Å²) >= 11 is 0. The molecule has 0 aliphatic carbocycles. The molecule has 0 fully saturated rings. The van der Waals surface area contributed by atoms with Crippen molar-refractivity contribution in [3.05, 3.63) is 65.7 Å². The average Bonchev–Trinajstić information content (AvgIpc) is 2.90. The first-order chi connectivity index (χ1) is 19.5. The summed E-state index contributed by atoms with van der Waals surface area (Å²) < 4.78 is 5.50. The number of para-hydroxylation sites is 1. The van der Waals surface area contributed by atoms with Crippen LogP contribution >= 0.6 is 0 Å². The van der Waals surface area contributed by atoms with E-state index in [2.05, 4.69) is 17.6 Å². The number of unbranched alkanes of at least 4 members (excludes halogenated alkanes) is 3. The Morgan fingerprint density at radius 1 is 0.902 bits per heavy atom. The van der Waals surface area contributed by atoms with E-state index in [9.17, 15) is 19.5 Å². The Balaban J connectivity index is 2.56. The second-order valence-electron chi connectivity index (χ2n) is 11.6. The minimum atomic E-state index is -1.08. The molecule has 0 saturated carbocycles. The first-order valence-electron chi connectivity index (χ1n) is 14.9. The molecule has 0 saturated heterocycles. The Hall–Kier alpha value is -3.55. The number of phenols is 1. The molecule has 41 heavy (non-hydrogen) atoms. The molecule has 8 nitrogen and oxygen atoms in total. The van der Waals surface area contributed by atoms with Gasteiger partial charge >= 0.3 is 6.09 Å². The van der Waals surface area contributed by atoms with Crippen molar-refractivity contribution < 1.29 is 24.2 Å². The highest BCUT2D eigenvalue weighted by Crippen LogP contribution is 2.30. The fraction of sp³-hybridized carbons (Fsp3) is 0.545. The molecule has 3 unspecified atom stereocenters. The Morgan fingerprint density at radius 2 is 1.56 bits per heavy atom. The molecular weight excluding hydrogens is 518 g/mol. The van der Waals surface area contributed by atoms with E-state index in [1.165, 1.54) is 11.0 Å². The van der Waals surface area contributed by atoms with E-state index in [0.717, 1.165) is 37.7 Å². The van der Waals surface area contributed by atoms with Crippen LogP contribution in [0.3, 0.4) is 0 Å². The lowest BCUT2D eigenvalue weighted by atomic mass is 9.98. The molecule has 0 heterocycles. The van der Waals surface area contributed by atoms with Crippen molar-refractivity contribution in [3.8, 4) is 5.75 Å². The Labute approximate surface area is 245 Å². The van der Waals surface area contributed by atoms with Crippen molar-refractivity contribution >= 4 is 17.9 Å². The highest BCUT2D eigenvalue weighted by atomic mass is 16.6. The SMILES string of the molecule is CCCCCCN(C(=O)C(Cc1ccccc1)NC(=O)OC(C)(C)C)C(C(=O)NC(C)CCC)c1ccccc1O. The van der Waals surface area contributed by atoms with Gasteiger partial charge in [-0.25, -0.2) is 4.79 Å². The van der Waals surface area contributed by atoms with Crippen LogP contribution in [0.1, 0.15) is 97.2 Å². The minimum Gasteiger partial charge on any atom is -0.508 e. The number of nitrogens with one attached hydrogen (secondary N) is 2. The number of carbonyl (C=O) groups is 3. The van der Waals surface area contributed by atoms with Gasteiger partial charge in [-0.05, 0) is 52.2 Å². The summed E-state index contributed by atoms with van der Waals surface area (Å²) in [5.41, 5.74) is 0.444. The van der Waals surface area contributed by atoms with Gasteiger partial charge in [0.2, 0.25) is 11.8 Å². The number of benzene rings is 2. The number of rotatable bonds is 15. The van der Waals surface area contributed by atoms with Crippen LogP contribution in [0.2, 0.25) is 0 Å². The predicted molar refractivity (Wildman–Crippen MR) is 163 cm³/mol. The Kier molecular flexibility index (Phi) is 13.7. The van der Waals surface area contributed by atoms with Crippen LogP contribution in [0.15, 0.2) is 54.6 Å². The summed E-state index contributed by atoms with van der Waals surface area (Å²) in [5, 5.41) is 16.7. The van der Waals surface area contributed by atoms with Gasteiger partial charge in [-0.1, -0.05) is 88.1 Å². The monoisotopic (exact) mass is 567 g/mol. The van der Waals surface area contributed by atoms with Gasteiger partial charge in [0.1, 0.15) is 23.4 Å². The third-order valence-electron chi connectivity index (χ3n) is 6.71. The van der Waals surface area contributed by atoms with Crippen LogP contribution in [0.5, 0.6) is 5.75 Å². The Morgan fingerprint density at radius 3 is 2.17 bits per heavy atom. The maximum Gasteiger partial charge on any atom is 0.408 e. The van der Waals surface area contributed by atoms with E-state index in [4.69, 9.17) is 4.74 Å². The molecule has 3 N–H and O–H groups in total. The van der Waals surface area contributed by atoms with Crippen LogP contribution in [0, 0.1) is 0 Å². The number of aromatic hydroxyl groups is 1. The summed E-state index contributed by atoms with van der Waals surface area (Å²) in [6, 6.07) is 13.8. The smallest absolute Gasteiger partial charge is 0.408 e. The van der Waals surface area contributed by atoms with Gasteiger partial charge in [-0.2, -0.15) is 0 Å². The number of ether oxygens (including phenoxy) is 1. The lowest BCUT2D eigenvalue weighted by molar-refractivity contribution is -0.143. The summed E-state index contributed by atoms with van der Waals surface area (Å²) in [5.74, 6) is -0.850. The molecule has 0 spiro atoms. The zero-order valence-electron chi connectivity index (χ0n) is 25.6. The summed E-state index contributed by atoms with van der Waals surface area (Å²) in [6.07, 6.45) is 4.73. The lowest BCUT2D eigenvalue weighted by Gasteiger charge is -2.35. The second-order valence-corrected chi connectivity index (χ2v) is 11.6. The van der Waals surface area contributed by atoms with E-state index < -0.39 is 29.7 Å². The molecule has 8 heteroatoms. The maximum atomic E-state index is 14.4. The summed E-state index contributed by atoms with van der Waals surface area (Å²) in [6.45, 7) is 11.7. The number of carbonyl (C=O) groups excluding carboxylic acids is 3. The molecule has 0 bridgehead atoms. The standard InChI is InChI=1S/C33H49N3O5/c1-7-9-10-16-22-36(29(26-20-14-15-21-28(26)37)30(38)34-24(3)17-8-2)31(39)27(23-25-18-12-11-13-19-25)35-32(40)41-33(4,5)6/h11-15,18-21,24,27,29,37H,7-10,16-17,22-23H2,1-6H3,(H,34,38)(H,35,40). The quantitative estimate of drug-likeness (QED) is 0.220. The fourth-order valence-corrected chi connectivity index (χ4v) is 4.77. The molecule has 3 amide bonds. The van der Waals surface area contributed by atoms with Crippen molar-refractivity contribution in [2.75, 3.05) is 6.54 Å². The van der Waals surface area contributed by atoms with Crippen molar-refractivity contribution in [2.45, 2.75) is 110 Å². The van der Waals surface area contributed by atoms with Gasteiger partial charge in [0.25, 0.3) is 0 Å². The van der Waals surface area contributed by atoms with Crippen molar-refractivity contribution in [2.24, 2.45) is 0 Å². The molecule has 2 rings (SSSR count). The first kappa shape index (κ1) is 33.7. The van der Waals surface area contributed by atoms with Crippen LogP contribution in [-0.2, 0) is 20.7 Å². The molecule has 0 aromatic heterocycles. The van der Waals surface area contributed by atoms with E-state index in [-0.39, 0.29) is 30.7 Å². The molecular formula is C33H49N3O5. The number of nitrogens with zero attached hydrogens (tertiary/aromatic N) is 1. The largest absolute Gasteiger partial charge is 0.508 e. The summed E-state index contributed by atoms with van der Waals surface area (Å²) in [7, 11) is 0. The molecule has 2 aromatic carbocycles. The first-order valence-corrected chi connectivity index (χ1v) is 14.9. The number of amides is 3. The van der Waals surface area contributed by atoms with Gasteiger partial charge in [0.05, 0.1) is 0 Å². The third kappa shape index (κ3) is 11.5. The van der Waals surface area contributed by atoms with Crippen molar-refractivity contribution in [1.29, 1.82) is 0 Å². The van der Waals surface area contributed by atoms with Gasteiger partial charge in [0.15, 0.2) is 0 Å². The normalized spacial score (nSPS) is 13.5. The number of alkyl carbamates (subject to hydrolysis) is 1. The van der Waals surface area contributed by atoms with Gasteiger partial charge in [0, 0.05) is 24.6 Å². The average molecular weight is 568 g/mol. The van der Waals surface area contributed by atoms with Crippen molar-refractivity contribution in [3.63, 3.8) is 0 Å². The zero-order chi connectivity index (χ0) is 30.4. The van der Waals surface area contributed by atoms with Crippen molar-refractivity contribution in [1.82, 2.24) is 15.5 Å². The number of hydrogen-bond donors (Lipinski definition) is 3. The molecule has 226 valence electrons. The molecule has 0 aliphatic heterocycles. The fourth-order valence-electron chi connectivity index (χ4n) is 4.77. The second kappa shape index (κ2) is 16.7. The summed E-state index contributed by atoms with van der Waals surface area (Å²) in [4.78, 5) is 42.8. The predicted octanol–water partition coefficient (Wildman–Crippen LogP) is 6.28. The Bertz CT molecular complexity index is 1100. The van der Waals surface area contributed by atoms with Gasteiger partial charge < -0.3 is 25.4 Å². The van der Waals surface area contributed by atoms with E-state index in [1.54, 1.807) is 39.0 Å². The van der Waals surface area contributed by atoms with Gasteiger partial charge in [-0.3, -0.25) is 9.59 Å². The van der Waals surface area contributed by atoms with Crippen LogP contribution < -0.4 is 10.6 Å². The topological polar surface area (TPSA) is 108 Å². The number of hydrogen-bond acceptors (Lipinski definition) is 5. The highest BCUT2D eigenvalue weighted by Gasteiger charge is 2.37. The zero-order valence-corrected chi connectivity index (χ0v) is 25.6. The molecule has 3 atom stereocenters. The van der Waals surface area contributed by atoms with E-state index in [1.807, 2.05) is 44.2 Å². The van der Waals surface area contributed by atoms with Gasteiger partial charge in [-0.15, -0.1) is 0 Å². The van der Waals surface area contributed by atoms with Crippen LogP contribution in [0.4, 0.5) is 4.79 Å². The highest BCUT2D eigenvalue weighted by molar-refractivity contribution is 5.92. The maximum absolute atomic E-state index is 14.4. The molecule has 0 radical (unpaired) electrons. The minimum absolute atomic E-state index is 0.0677. The lowest BCUT2D eigenvalue weighted by Crippen LogP contribution is -2.54. The van der Waals surface area contributed by atoms with Crippen LogP contribution in [0.25, 0.3) is 0 Å². The number of phenolic OH excluding ortho intramolecular Hbond substituents is 1. The van der Waals surface area contributed by atoms with E-state index >= 15 is 0 Å². The third-order valence-corrected chi connectivity index (χ3v) is 6.71. The molecule has 0 aliphatic rings. The molecule has 2 aromatic rings. The van der Waals surface area contributed by atoms with E-state index in [0.29, 0.717) is 12.0 Å².